The van der Waals surface area contributed by atoms with E-state index < -0.39 is 30.8 Å². The van der Waals surface area contributed by atoms with Crippen molar-refractivity contribution in [3.8, 4) is 5.75 Å². The summed E-state index contributed by atoms with van der Waals surface area (Å²) in [6, 6.07) is 6.83. The molecule has 1 unspecified atom stereocenters. The number of hydrogen-bond acceptors (Lipinski definition) is 4. The molecule has 3 N–H and O–H groups in total. The number of carbonyl (C=O) groups excluding carboxylic acids is 2. The summed E-state index contributed by atoms with van der Waals surface area (Å²) in [5.41, 5.74) is 5.55. The predicted octanol–water partition coefficient (Wildman–Crippen LogP) is 1.18. The Bertz CT molecular complexity index is 584. The van der Waals surface area contributed by atoms with Gasteiger partial charge in [-0.25, -0.2) is 8.78 Å². The lowest BCUT2D eigenvalue weighted by atomic mass is 10.1. The summed E-state index contributed by atoms with van der Waals surface area (Å²) in [5, 5.41) is 2.16. The molecule has 0 saturated carbocycles. The number of rotatable bonds is 6. The first-order valence-corrected chi connectivity index (χ1v) is 7.16. The maximum Gasteiger partial charge on any atom is 0.277 e. The highest BCUT2D eigenvalue weighted by Crippen LogP contribution is 2.27. The molecule has 9 heteroatoms. The van der Waals surface area contributed by atoms with Crippen molar-refractivity contribution in [1.82, 2.24) is 5.32 Å². The van der Waals surface area contributed by atoms with Gasteiger partial charge in [0, 0.05) is 18.7 Å². The molecule has 0 spiro atoms. The Morgan fingerprint density at radius 2 is 2.04 bits per heavy atom. The number of ether oxygens (including phenoxy) is 1. The lowest BCUT2D eigenvalue weighted by Crippen LogP contribution is -2.43. The Morgan fingerprint density at radius 3 is 2.58 bits per heavy atom. The van der Waals surface area contributed by atoms with E-state index in [1.807, 2.05) is 0 Å². The van der Waals surface area contributed by atoms with Crippen molar-refractivity contribution in [2.45, 2.75) is 12.3 Å². The van der Waals surface area contributed by atoms with Crippen LogP contribution in [-0.2, 0) is 9.59 Å². The van der Waals surface area contributed by atoms with Crippen molar-refractivity contribution in [2.75, 3.05) is 31.6 Å². The molecule has 2 amide bonds. The topological polar surface area (TPSA) is 84.7 Å². The number of halogens is 3. The number of carbonyl (C=O) groups is 2. The molecule has 0 bridgehead atoms. The van der Waals surface area contributed by atoms with Crippen molar-refractivity contribution in [3.63, 3.8) is 0 Å². The van der Waals surface area contributed by atoms with Gasteiger partial charge in [-0.05, 0) is 24.3 Å². The second kappa shape index (κ2) is 8.25. The van der Waals surface area contributed by atoms with Crippen LogP contribution >= 0.6 is 12.4 Å². The first kappa shape index (κ1) is 20.1. The van der Waals surface area contributed by atoms with Crippen LogP contribution in [0.1, 0.15) is 6.42 Å². The largest absolute Gasteiger partial charge is 0.497 e. The van der Waals surface area contributed by atoms with Gasteiger partial charge in [0.1, 0.15) is 5.75 Å². The van der Waals surface area contributed by atoms with Crippen molar-refractivity contribution in [2.24, 2.45) is 11.7 Å². The minimum Gasteiger partial charge on any atom is -0.497 e. The second-order valence-corrected chi connectivity index (χ2v) is 5.38. The molecule has 1 aliphatic heterocycles. The molecule has 1 aromatic carbocycles. The molecule has 1 heterocycles. The first-order chi connectivity index (χ1) is 10.9. The second-order valence-electron chi connectivity index (χ2n) is 5.38. The van der Waals surface area contributed by atoms with Gasteiger partial charge in [0.25, 0.3) is 5.92 Å². The number of anilines is 1. The quantitative estimate of drug-likeness (QED) is 0.795. The number of nitrogens with one attached hydrogen (secondary N) is 1. The van der Waals surface area contributed by atoms with Crippen LogP contribution < -0.4 is 20.7 Å². The molecular formula is C15H20ClF2N3O3. The van der Waals surface area contributed by atoms with E-state index in [1.165, 1.54) is 12.0 Å². The highest BCUT2D eigenvalue weighted by atomic mass is 35.5. The zero-order chi connectivity index (χ0) is 17.0. The van der Waals surface area contributed by atoms with Crippen LogP contribution in [0.4, 0.5) is 14.5 Å². The molecule has 1 aromatic rings. The molecule has 24 heavy (non-hydrogen) atoms. The molecule has 1 atom stereocenters. The molecule has 6 nitrogen and oxygen atoms in total. The molecule has 0 aromatic heterocycles. The van der Waals surface area contributed by atoms with Crippen LogP contribution in [0.25, 0.3) is 0 Å². The summed E-state index contributed by atoms with van der Waals surface area (Å²) < 4.78 is 31.2. The summed E-state index contributed by atoms with van der Waals surface area (Å²) >= 11 is 0. The number of alkyl halides is 2. The van der Waals surface area contributed by atoms with E-state index in [2.05, 4.69) is 5.32 Å². The highest BCUT2D eigenvalue weighted by Gasteiger charge is 2.36. The lowest BCUT2D eigenvalue weighted by Gasteiger charge is -2.18. The van der Waals surface area contributed by atoms with Gasteiger partial charge in [-0.1, -0.05) is 0 Å². The molecule has 1 saturated heterocycles. The number of nitrogens with two attached hydrogens (primary N) is 1. The zero-order valence-corrected chi connectivity index (χ0v) is 13.9. The number of nitrogens with zero attached hydrogens (tertiary/aromatic N) is 1. The van der Waals surface area contributed by atoms with Gasteiger partial charge in [0.2, 0.25) is 11.8 Å². The number of benzene rings is 1. The van der Waals surface area contributed by atoms with Crippen molar-refractivity contribution < 1.29 is 23.1 Å². The van der Waals surface area contributed by atoms with Gasteiger partial charge in [0.15, 0.2) is 0 Å². The Morgan fingerprint density at radius 1 is 1.42 bits per heavy atom. The standard InChI is InChI=1S/C15H19F2N3O3.ClH/c1-23-12-4-2-11(3-5-12)20-7-10(6-13(20)21)14(22)19-9-15(16,17)8-18;/h2-5,10H,6-9,18H2,1H3,(H,19,22);1H. The third kappa shape index (κ3) is 4.78. The van der Waals surface area contributed by atoms with E-state index in [9.17, 15) is 18.4 Å². The summed E-state index contributed by atoms with van der Waals surface area (Å²) in [6.07, 6.45) is -0.00788. The normalized spacial score (nSPS) is 17.4. The Balaban J connectivity index is 0.00000288. The fraction of sp³-hybridized carbons (Fsp3) is 0.467. The van der Waals surface area contributed by atoms with Crippen molar-refractivity contribution >= 4 is 29.9 Å². The number of amides is 2. The van der Waals surface area contributed by atoms with Gasteiger partial charge in [0.05, 0.1) is 26.1 Å². The van der Waals surface area contributed by atoms with Crippen molar-refractivity contribution in [3.05, 3.63) is 24.3 Å². The van der Waals surface area contributed by atoms with Crippen LogP contribution in [0.15, 0.2) is 24.3 Å². The zero-order valence-electron chi connectivity index (χ0n) is 13.1. The average molecular weight is 364 g/mol. The highest BCUT2D eigenvalue weighted by molar-refractivity contribution is 6.00. The third-order valence-corrected chi connectivity index (χ3v) is 3.70. The van der Waals surface area contributed by atoms with Gasteiger partial charge in [-0.15, -0.1) is 12.4 Å². The molecule has 0 radical (unpaired) electrons. The van der Waals surface area contributed by atoms with Crippen LogP contribution in [0.3, 0.4) is 0 Å². The van der Waals surface area contributed by atoms with Gasteiger partial charge in [-0.3, -0.25) is 9.59 Å². The SMILES string of the molecule is COc1ccc(N2CC(C(=O)NCC(F)(F)CN)CC2=O)cc1.Cl. The molecule has 0 aliphatic carbocycles. The minimum atomic E-state index is -3.14. The molecule has 2 rings (SSSR count). The number of methoxy groups -OCH3 is 1. The van der Waals surface area contributed by atoms with Gasteiger partial charge >= 0.3 is 0 Å². The van der Waals surface area contributed by atoms with Crippen LogP contribution in [0.5, 0.6) is 5.75 Å². The summed E-state index contributed by atoms with van der Waals surface area (Å²) in [4.78, 5) is 25.5. The maximum absolute atomic E-state index is 13.1. The Hall–Kier alpha value is -1.93. The number of hydrogen-bond donors (Lipinski definition) is 2. The maximum atomic E-state index is 13.1. The molecule has 1 fully saturated rings. The van der Waals surface area contributed by atoms with E-state index in [-0.39, 0.29) is 31.3 Å². The summed E-state index contributed by atoms with van der Waals surface area (Å²) in [5.74, 6) is -3.94. The molecule has 1 aliphatic rings. The minimum absolute atomic E-state index is 0. The van der Waals surface area contributed by atoms with Crippen LogP contribution in [-0.4, -0.2) is 44.5 Å². The van der Waals surface area contributed by atoms with E-state index in [1.54, 1.807) is 24.3 Å². The predicted molar refractivity (Wildman–Crippen MR) is 87.7 cm³/mol. The Kier molecular flexibility index (Phi) is 6.92. The average Bonchev–Trinajstić information content (AvgIpc) is 2.94. The monoisotopic (exact) mass is 363 g/mol. The van der Waals surface area contributed by atoms with E-state index in [0.717, 1.165) is 0 Å². The first-order valence-electron chi connectivity index (χ1n) is 7.16. The van der Waals surface area contributed by atoms with Crippen molar-refractivity contribution in [1.29, 1.82) is 0 Å². The molecule has 134 valence electrons. The summed E-state index contributed by atoms with van der Waals surface area (Å²) in [6.45, 7) is -1.50. The van der Waals surface area contributed by atoms with E-state index in [0.29, 0.717) is 11.4 Å². The van der Waals surface area contributed by atoms with E-state index in [4.69, 9.17) is 10.5 Å². The van der Waals surface area contributed by atoms with E-state index >= 15 is 0 Å². The fourth-order valence-electron chi connectivity index (χ4n) is 2.33. The lowest BCUT2D eigenvalue weighted by molar-refractivity contribution is -0.127. The van der Waals surface area contributed by atoms with Crippen LogP contribution in [0.2, 0.25) is 0 Å². The smallest absolute Gasteiger partial charge is 0.277 e. The molecular weight excluding hydrogens is 344 g/mol. The van der Waals surface area contributed by atoms with Gasteiger partial charge < -0.3 is 20.7 Å². The van der Waals surface area contributed by atoms with Gasteiger partial charge in [-0.2, -0.15) is 0 Å². The van der Waals surface area contributed by atoms with Crippen LogP contribution in [0, 0.1) is 5.92 Å². The summed E-state index contributed by atoms with van der Waals surface area (Å²) in [7, 11) is 1.54. The fourth-order valence-corrected chi connectivity index (χ4v) is 2.33. The Labute approximate surface area is 144 Å². The third-order valence-electron chi connectivity index (χ3n) is 3.70.